The van der Waals surface area contributed by atoms with Crippen molar-refractivity contribution in [2.24, 2.45) is 11.5 Å². The van der Waals surface area contributed by atoms with Crippen LogP contribution in [0, 0.1) is 17.1 Å². The molecule has 3 nitrogen and oxygen atoms in total. The zero-order chi connectivity index (χ0) is 10.6. The van der Waals surface area contributed by atoms with Crippen LogP contribution in [0.25, 0.3) is 0 Å². The predicted molar refractivity (Wildman–Crippen MR) is 59.0 cm³/mol. The molecule has 0 spiro atoms. The number of hydrogen-bond acceptors (Lipinski definition) is 3. The van der Waals surface area contributed by atoms with Gasteiger partial charge in [-0.05, 0) is 30.7 Å². The number of hydrogen-bond donors (Lipinski definition) is 2. The van der Waals surface area contributed by atoms with E-state index in [9.17, 15) is 4.39 Å². The first kappa shape index (κ1) is 13.8. The normalized spacial score (nSPS) is 11.3. The Kier molecular flexibility index (Phi) is 5.87. The SMILES string of the molecule is Cl.N#Cc1cc([C@@H](N)CCN)ccc1F. The van der Waals surface area contributed by atoms with E-state index in [-0.39, 0.29) is 24.0 Å². The van der Waals surface area contributed by atoms with Crippen molar-refractivity contribution in [2.75, 3.05) is 6.54 Å². The van der Waals surface area contributed by atoms with E-state index in [4.69, 9.17) is 16.7 Å². The number of nitrogens with zero attached hydrogens (tertiary/aromatic N) is 1. The minimum Gasteiger partial charge on any atom is -0.330 e. The van der Waals surface area contributed by atoms with Gasteiger partial charge in [-0.15, -0.1) is 12.4 Å². The van der Waals surface area contributed by atoms with Gasteiger partial charge >= 0.3 is 0 Å². The molecule has 0 saturated carbocycles. The van der Waals surface area contributed by atoms with Gasteiger partial charge in [0, 0.05) is 6.04 Å². The molecule has 0 aromatic heterocycles. The highest BCUT2D eigenvalue weighted by atomic mass is 35.5. The Balaban J connectivity index is 0.00000196. The molecule has 4 N–H and O–H groups in total. The highest BCUT2D eigenvalue weighted by molar-refractivity contribution is 5.85. The molecular formula is C10H13ClFN3. The van der Waals surface area contributed by atoms with Crippen molar-refractivity contribution >= 4 is 12.4 Å². The van der Waals surface area contributed by atoms with Crippen molar-refractivity contribution < 1.29 is 4.39 Å². The first-order chi connectivity index (χ1) is 6.69. The summed E-state index contributed by atoms with van der Waals surface area (Å²) < 4.78 is 12.9. The van der Waals surface area contributed by atoms with Crippen molar-refractivity contribution in [3.8, 4) is 6.07 Å². The van der Waals surface area contributed by atoms with Gasteiger partial charge in [-0.1, -0.05) is 6.07 Å². The van der Waals surface area contributed by atoms with Gasteiger partial charge in [0.1, 0.15) is 11.9 Å². The first-order valence-electron chi connectivity index (χ1n) is 4.34. The monoisotopic (exact) mass is 229 g/mol. The first-order valence-corrected chi connectivity index (χ1v) is 4.34. The lowest BCUT2D eigenvalue weighted by atomic mass is 10.0. The maximum absolute atomic E-state index is 12.9. The molecule has 0 saturated heterocycles. The molecule has 0 aliphatic carbocycles. The van der Waals surface area contributed by atoms with E-state index in [1.807, 2.05) is 0 Å². The van der Waals surface area contributed by atoms with Crippen molar-refractivity contribution in [3.05, 3.63) is 35.1 Å². The van der Waals surface area contributed by atoms with Gasteiger partial charge in [-0.25, -0.2) is 4.39 Å². The van der Waals surface area contributed by atoms with Crippen molar-refractivity contribution in [1.82, 2.24) is 0 Å². The second-order valence-electron chi connectivity index (χ2n) is 3.03. The molecule has 5 heteroatoms. The third-order valence-electron chi connectivity index (χ3n) is 2.02. The van der Waals surface area contributed by atoms with Crippen LogP contribution in [0.2, 0.25) is 0 Å². The minimum absolute atomic E-state index is 0. The number of nitriles is 1. The molecule has 0 aliphatic rings. The van der Waals surface area contributed by atoms with Gasteiger partial charge in [0.05, 0.1) is 5.56 Å². The fourth-order valence-corrected chi connectivity index (χ4v) is 1.21. The predicted octanol–water partition coefficient (Wildman–Crippen LogP) is 1.47. The van der Waals surface area contributed by atoms with Crippen LogP contribution < -0.4 is 11.5 Å². The molecule has 1 aromatic rings. The van der Waals surface area contributed by atoms with Crippen LogP contribution >= 0.6 is 12.4 Å². The number of nitrogens with two attached hydrogens (primary N) is 2. The number of benzene rings is 1. The van der Waals surface area contributed by atoms with Gasteiger partial charge in [-0.3, -0.25) is 0 Å². The topological polar surface area (TPSA) is 75.8 Å². The molecule has 0 fully saturated rings. The summed E-state index contributed by atoms with van der Waals surface area (Å²) in [6.45, 7) is 0.473. The van der Waals surface area contributed by atoms with Gasteiger partial charge in [0.15, 0.2) is 0 Å². The van der Waals surface area contributed by atoms with Crippen LogP contribution in [0.1, 0.15) is 23.6 Å². The van der Waals surface area contributed by atoms with Crippen molar-refractivity contribution in [2.45, 2.75) is 12.5 Å². The second-order valence-corrected chi connectivity index (χ2v) is 3.03. The maximum Gasteiger partial charge on any atom is 0.140 e. The second kappa shape index (κ2) is 6.36. The van der Waals surface area contributed by atoms with Gasteiger partial charge in [0.25, 0.3) is 0 Å². The lowest BCUT2D eigenvalue weighted by molar-refractivity contribution is 0.617. The lowest BCUT2D eigenvalue weighted by Gasteiger charge is -2.10. The van der Waals surface area contributed by atoms with E-state index in [0.717, 1.165) is 5.56 Å². The Hall–Kier alpha value is -1.15. The smallest absolute Gasteiger partial charge is 0.140 e. The summed E-state index contributed by atoms with van der Waals surface area (Å²) in [5.74, 6) is -0.517. The molecular weight excluding hydrogens is 217 g/mol. The lowest BCUT2D eigenvalue weighted by Crippen LogP contribution is -2.15. The van der Waals surface area contributed by atoms with Crippen LogP contribution in [0.15, 0.2) is 18.2 Å². The maximum atomic E-state index is 12.9. The molecule has 0 heterocycles. The van der Waals surface area contributed by atoms with Crippen LogP contribution in [-0.4, -0.2) is 6.54 Å². The van der Waals surface area contributed by atoms with Crippen LogP contribution in [0.3, 0.4) is 0 Å². The third-order valence-corrected chi connectivity index (χ3v) is 2.02. The summed E-state index contributed by atoms with van der Waals surface area (Å²) in [7, 11) is 0. The summed E-state index contributed by atoms with van der Waals surface area (Å²) >= 11 is 0. The van der Waals surface area contributed by atoms with E-state index in [1.165, 1.54) is 12.1 Å². The molecule has 1 rings (SSSR count). The molecule has 1 atom stereocenters. The van der Waals surface area contributed by atoms with E-state index in [1.54, 1.807) is 12.1 Å². The molecule has 0 radical (unpaired) electrons. The fraction of sp³-hybridized carbons (Fsp3) is 0.300. The highest BCUT2D eigenvalue weighted by Gasteiger charge is 2.08. The molecule has 0 bridgehead atoms. The van der Waals surface area contributed by atoms with E-state index in [2.05, 4.69) is 0 Å². The largest absolute Gasteiger partial charge is 0.330 e. The highest BCUT2D eigenvalue weighted by Crippen LogP contribution is 2.16. The van der Waals surface area contributed by atoms with E-state index < -0.39 is 5.82 Å². The summed E-state index contributed by atoms with van der Waals surface area (Å²) in [6.07, 6.45) is 0.622. The molecule has 0 unspecified atom stereocenters. The summed E-state index contributed by atoms with van der Waals surface area (Å²) in [5, 5.41) is 8.60. The Bertz CT molecular complexity index is 362. The van der Waals surface area contributed by atoms with Crippen molar-refractivity contribution in [3.63, 3.8) is 0 Å². The minimum atomic E-state index is -0.517. The average Bonchev–Trinajstić information content (AvgIpc) is 2.19. The van der Waals surface area contributed by atoms with E-state index in [0.29, 0.717) is 13.0 Å². The molecule has 1 aromatic carbocycles. The quantitative estimate of drug-likeness (QED) is 0.824. The average molecular weight is 230 g/mol. The third kappa shape index (κ3) is 3.48. The van der Waals surface area contributed by atoms with Crippen molar-refractivity contribution in [1.29, 1.82) is 5.26 Å². The van der Waals surface area contributed by atoms with Crippen LogP contribution in [0.5, 0.6) is 0 Å². The Morgan fingerprint density at radius 3 is 2.67 bits per heavy atom. The van der Waals surface area contributed by atoms with Gasteiger partial charge in [-0.2, -0.15) is 5.26 Å². The Morgan fingerprint density at radius 1 is 1.47 bits per heavy atom. The Morgan fingerprint density at radius 2 is 2.13 bits per heavy atom. The fourth-order valence-electron chi connectivity index (χ4n) is 1.21. The molecule has 0 amide bonds. The number of halogens is 2. The summed E-state index contributed by atoms with van der Waals surface area (Å²) in [5.41, 5.74) is 11.9. The molecule has 82 valence electrons. The van der Waals surface area contributed by atoms with Gasteiger partial charge < -0.3 is 11.5 Å². The standard InChI is InChI=1S/C10H12FN3.ClH/c11-9-2-1-7(5-8(9)6-13)10(14)3-4-12;/h1-2,5,10H,3-4,12,14H2;1H/t10-;/m0./s1. The number of rotatable bonds is 3. The zero-order valence-electron chi connectivity index (χ0n) is 8.11. The summed E-state index contributed by atoms with van der Waals surface area (Å²) in [6, 6.07) is 5.84. The van der Waals surface area contributed by atoms with Crippen LogP contribution in [-0.2, 0) is 0 Å². The van der Waals surface area contributed by atoms with Crippen LogP contribution in [0.4, 0.5) is 4.39 Å². The Labute approximate surface area is 94.3 Å². The summed E-state index contributed by atoms with van der Waals surface area (Å²) in [4.78, 5) is 0. The van der Waals surface area contributed by atoms with Gasteiger partial charge in [0.2, 0.25) is 0 Å². The zero-order valence-corrected chi connectivity index (χ0v) is 8.93. The van der Waals surface area contributed by atoms with E-state index >= 15 is 0 Å². The molecule has 15 heavy (non-hydrogen) atoms. The molecule has 0 aliphatic heterocycles.